The number of carbonyl (C=O) groups is 1. The Morgan fingerprint density at radius 1 is 0.933 bits per heavy atom. The highest BCUT2D eigenvalue weighted by Gasteiger charge is 2.18. The zero-order valence-corrected chi connectivity index (χ0v) is 17.3. The molecule has 0 aromatic heterocycles. The van der Waals surface area contributed by atoms with E-state index in [1.54, 1.807) is 39.5 Å². The highest BCUT2D eigenvalue weighted by atomic mass is 19.1. The first-order valence-electron chi connectivity index (χ1n) is 9.58. The lowest BCUT2D eigenvalue weighted by Crippen LogP contribution is -2.09. The van der Waals surface area contributed by atoms with Crippen molar-refractivity contribution in [2.75, 3.05) is 21.3 Å². The Morgan fingerprint density at radius 2 is 1.63 bits per heavy atom. The first-order valence-corrected chi connectivity index (χ1v) is 9.58. The van der Waals surface area contributed by atoms with Gasteiger partial charge in [-0.15, -0.1) is 0 Å². The minimum absolute atomic E-state index is 0.0189. The topological polar surface area (TPSA) is 44.8 Å². The third-order valence-electron chi connectivity index (χ3n) is 4.81. The van der Waals surface area contributed by atoms with Crippen LogP contribution in [0.15, 0.2) is 53.6 Å². The fourth-order valence-corrected chi connectivity index (χ4v) is 3.27. The molecule has 154 valence electrons. The molecule has 0 bridgehead atoms. The molecule has 0 amide bonds. The quantitative estimate of drug-likeness (QED) is 0.658. The SMILES string of the molecule is COc1cc(C=CC2=C(C#Cc3ccccc3F)C(=O)CCC2)cc(OC)c1OC. The fraction of sp³-hybridized carbons (Fsp3) is 0.240. The summed E-state index contributed by atoms with van der Waals surface area (Å²) in [7, 11) is 4.67. The number of hydrogen-bond donors (Lipinski definition) is 0. The number of halogens is 1. The van der Waals surface area contributed by atoms with Crippen molar-refractivity contribution in [3.63, 3.8) is 0 Å². The molecule has 30 heavy (non-hydrogen) atoms. The fourth-order valence-electron chi connectivity index (χ4n) is 3.27. The molecule has 0 saturated heterocycles. The van der Waals surface area contributed by atoms with Crippen molar-refractivity contribution < 1.29 is 23.4 Å². The van der Waals surface area contributed by atoms with Crippen molar-refractivity contribution in [1.82, 2.24) is 0 Å². The van der Waals surface area contributed by atoms with Gasteiger partial charge in [0.2, 0.25) is 5.75 Å². The number of rotatable bonds is 5. The minimum atomic E-state index is -0.400. The Balaban J connectivity index is 1.98. The van der Waals surface area contributed by atoms with Crippen LogP contribution in [0.4, 0.5) is 4.39 Å². The summed E-state index contributed by atoms with van der Waals surface area (Å²) in [5.74, 6) is 6.88. The van der Waals surface area contributed by atoms with E-state index in [-0.39, 0.29) is 11.3 Å². The van der Waals surface area contributed by atoms with Crippen molar-refractivity contribution in [1.29, 1.82) is 0 Å². The molecule has 1 aliphatic rings. The zero-order chi connectivity index (χ0) is 21.5. The van der Waals surface area contributed by atoms with E-state index in [4.69, 9.17) is 14.2 Å². The smallest absolute Gasteiger partial charge is 0.203 e. The Morgan fingerprint density at radius 3 is 2.27 bits per heavy atom. The molecular weight excluding hydrogens is 383 g/mol. The molecule has 0 heterocycles. The number of carbonyl (C=O) groups excluding carboxylic acids is 1. The maximum Gasteiger partial charge on any atom is 0.203 e. The first-order chi connectivity index (χ1) is 14.6. The van der Waals surface area contributed by atoms with Gasteiger partial charge in [0, 0.05) is 6.42 Å². The van der Waals surface area contributed by atoms with Crippen molar-refractivity contribution in [2.45, 2.75) is 19.3 Å². The monoisotopic (exact) mass is 406 g/mol. The van der Waals surface area contributed by atoms with Gasteiger partial charge in [0.05, 0.1) is 32.5 Å². The van der Waals surface area contributed by atoms with Gasteiger partial charge in [-0.2, -0.15) is 0 Å². The second-order valence-electron chi connectivity index (χ2n) is 6.70. The van der Waals surface area contributed by atoms with Gasteiger partial charge in [0.1, 0.15) is 5.82 Å². The third kappa shape index (κ3) is 4.72. The number of ether oxygens (including phenoxy) is 3. The van der Waals surface area contributed by atoms with E-state index in [1.165, 1.54) is 6.07 Å². The van der Waals surface area contributed by atoms with Gasteiger partial charge < -0.3 is 14.2 Å². The van der Waals surface area contributed by atoms with Gasteiger partial charge >= 0.3 is 0 Å². The molecule has 1 aliphatic carbocycles. The van der Waals surface area contributed by atoms with Crippen molar-refractivity contribution >= 4 is 11.9 Å². The molecule has 0 spiro atoms. The van der Waals surface area contributed by atoms with Crippen LogP contribution in [-0.4, -0.2) is 27.1 Å². The maximum absolute atomic E-state index is 13.9. The van der Waals surface area contributed by atoms with Gasteiger partial charge in [0.15, 0.2) is 17.3 Å². The van der Waals surface area contributed by atoms with E-state index in [1.807, 2.05) is 24.3 Å². The Hall–Kier alpha value is -3.52. The number of Topliss-reactive ketones (excluding diaryl/α,β-unsaturated/α-hetero) is 1. The Kier molecular flexibility index (Phi) is 6.92. The molecule has 0 radical (unpaired) electrons. The summed E-state index contributed by atoms with van der Waals surface area (Å²) in [4.78, 5) is 12.5. The van der Waals surface area contributed by atoms with Crippen LogP contribution in [0, 0.1) is 17.7 Å². The van der Waals surface area contributed by atoms with Crippen LogP contribution < -0.4 is 14.2 Å². The number of benzene rings is 2. The number of ketones is 1. The van der Waals surface area contributed by atoms with E-state index in [2.05, 4.69) is 11.8 Å². The number of allylic oxidation sites excluding steroid dienone is 3. The molecular formula is C25H23FO4. The van der Waals surface area contributed by atoms with Gasteiger partial charge in [0.25, 0.3) is 0 Å². The predicted molar refractivity (Wildman–Crippen MR) is 114 cm³/mol. The maximum atomic E-state index is 13.9. The van der Waals surface area contributed by atoms with Crippen molar-refractivity contribution in [3.8, 4) is 29.1 Å². The number of methoxy groups -OCH3 is 3. The molecule has 0 N–H and O–H groups in total. The molecule has 4 nitrogen and oxygen atoms in total. The molecule has 3 rings (SSSR count). The summed E-state index contributed by atoms with van der Waals surface area (Å²) in [5, 5.41) is 0. The second-order valence-corrected chi connectivity index (χ2v) is 6.70. The number of hydrogen-bond acceptors (Lipinski definition) is 4. The summed E-state index contributed by atoms with van der Waals surface area (Å²) in [5.41, 5.74) is 2.38. The molecule has 0 aliphatic heterocycles. The molecule has 0 unspecified atom stereocenters. The summed E-state index contributed by atoms with van der Waals surface area (Å²) in [6, 6.07) is 9.93. The average molecular weight is 406 g/mol. The largest absolute Gasteiger partial charge is 0.493 e. The molecule has 0 fully saturated rings. The van der Waals surface area contributed by atoms with Gasteiger partial charge in [-0.25, -0.2) is 4.39 Å². The molecule has 2 aromatic rings. The Bertz CT molecular complexity index is 1050. The van der Waals surface area contributed by atoms with E-state index >= 15 is 0 Å². The lowest BCUT2D eigenvalue weighted by molar-refractivity contribution is -0.115. The van der Waals surface area contributed by atoms with Crippen LogP contribution in [0.5, 0.6) is 17.2 Å². The summed E-state index contributed by atoms with van der Waals surface area (Å²) < 4.78 is 30.0. The van der Waals surface area contributed by atoms with Gasteiger partial charge in [-0.3, -0.25) is 4.79 Å². The Labute approximate surface area is 176 Å². The van der Waals surface area contributed by atoms with Crippen LogP contribution in [0.1, 0.15) is 30.4 Å². The first kappa shape index (κ1) is 21.2. The predicted octanol–water partition coefficient (Wildman–Crippen LogP) is 4.97. The molecule has 2 aromatic carbocycles. The van der Waals surface area contributed by atoms with Gasteiger partial charge in [-0.05, 0) is 48.2 Å². The minimum Gasteiger partial charge on any atom is -0.493 e. The van der Waals surface area contributed by atoms with E-state index < -0.39 is 5.82 Å². The lowest BCUT2D eigenvalue weighted by atomic mass is 9.90. The van der Waals surface area contributed by atoms with Crippen molar-refractivity contribution in [2.24, 2.45) is 0 Å². The summed E-state index contributed by atoms with van der Waals surface area (Å²) >= 11 is 0. The van der Waals surface area contributed by atoms with E-state index in [9.17, 15) is 9.18 Å². The standard InChI is InChI=1S/C25H23FO4/c1-28-23-15-17(16-24(29-2)25(23)30-3)11-12-18-8-6-10-22(27)20(18)14-13-19-7-4-5-9-21(19)26/h4-5,7,9,11-12,15-16H,6,8,10H2,1-3H3. The van der Waals surface area contributed by atoms with Crippen molar-refractivity contribution in [3.05, 3.63) is 70.6 Å². The lowest BCUT2D eigenvalue weighted by Gasteiger charge is -2.14. The van der Waals surface area contributed by atoms with Crippen LogP contribution in [-0.2, 0) is 4.79 Å². The van der Waals surface area contributed by atoms with E-state index in [0.29, 0.717) is 29.2 Å². The second kappa shape index (κ2) is 9.80. The molecule has 0 atom stereocenters. The zero-order valence-electron chi connectivity index (χ0n) is 17.3. The van der Waals surface area contributed by atoms with Crippen LogP contribution in [0.2, 0.25) is 0 Å². The summed E-state index contributed by atoms with van der Waals surface area (Å²) in [6.45, 7) is 0. The van der Waals surface area contributed by atoms with Gasteiger partial charge in [-0.1, -0.05) is 36.1 Å². The normalized spacial score (nSPS) is 13.8. The third-order valence-corrected chi connectivity index (χ3v) is 4.81. The van der Waals surface area contributed by atoms with Crippen LogP contribution >= 0.6 is 0 Å². The van der Waals surface area contributed by atoms with Crippen LogP contribution in [0.3, 0.4) is 0 Å². The summed E-state index contributed by atoms with van der Waals surface area (Å²) in [6.07, 6.45) is 5.70. The average Bonchev–Trinajstić information content (AvgIpc) is 2.77. The molecule has 5 heteroatoms. The van der Waals surface area contributed by atoms with E-state index in [0.717, 1.165) is 24.0 Å². The van der Waals surface area contributed by atoms with Crippen LogP contribution in [0.25, 0.3) is 6.08 Å². The highest BCUT2D eigenvalue weighted by Crippen LogP contribution is 2.38. The highest BCUT2D eigenvalue weighted by molar-refractivity contribution is 6.02. The molecule has 0 saturated carbocycles.